The molecule has 1 aliphatic heterocycles. The van der Waals surface area contributed by atoms with Gasteiger partial charge in [-0.05, 0) is 48.5 Å². The van der Waals surface area contributed by atoms with Crippen LogP contribution in [0.25, 0.3) is 0 Å². The van der Waals surface area contributed by atoms with Crippen LogP contribution < -0.4 is 9.47 Å². The van der Waals surface area contributed by atoms with Gasteiger partial charge in [0.2, 0.25) is 0 Å². The van der Waals surface area contributed by atoms with Crippen LogP contribution in [-0.4, -0.2) is 0 Å². The summed E-state index contributed by atoms with van der Waals surface area (Å²) in [7, 11) is 0. The smallest absolute Gasteiger partial charge is 0.416 e. The molecule has 28 heavy (non-hydrogen) atoms. The molecule has 1 aliphatic rings. The van der Waals surface area contributed by atoms with Gasteiger partial charge in [-0.2, -0.15) is 23.7 Å². The van der Waals surface area contributed by atoms with E-state index in [0.717, 1.165) is 35.8 Å². The van der Waals surface area contributed by atoms with E-state index in [1.807, 2.05) is 36.4 Å². The molecule has 0 saturated heterocycles. The number of rotatable bonds is 2. The molecule has 138 valence electrons. The van der Waals surface area contributed by atoms with E-state index in [1.165, 1.54) is 18.2 Å². The van der Waals surface area contributed by atoms with Crippen LogP contribution in [0.4, 0.5) is 13.2 Å². The molecule has 4 nitrogen and oxygen atoms in total. The van der Waals surface area contributed by atoms with Crippen molar-refractivity contribution in [3.05, 3.63) is 83.4 Å². The summed E-state index contributed by atoms with van der Waals surface area (Å²) in [4.78, 5) is 0. The molecule has 0 amide bonds. The second kappa shape index (κ2) is 7.73. The molecular formula is C21H11F3N2O2. The van der Waals surface area contributed by atoms with E-state index in [0.29, 0.717) is 0 Å². The molecule has 0 saturated carbocycles. The summed E-state index contributed by atoms with van der Waals surface area (Å²) in [5.74, 6) is 2.33. The molecule has 3 aromatic carbocycles. The molecule has 3 aromatic rings. The zero-order valence-electron chi connectivity index (χ0n) is 14.2. The maximum absolute atomic E-state index is 12.4. The number of para-hydroxylation sites is 2. The van der Waals surface area contributed by atoms with Crippen molar-refractivity contribution in [2.45, 2.75) is 6.18 Å². The van der Waals surface area contributed by atoms with Crippen LogP contribution in [0.3, 0.4) is 0 Å². The molecule has 7 heteroatoms. The van der Waals surface area contributed by atoms with Gasteiger partial charge in [0.15, 0.2) is 11.5 Å². The zero-order valence-corrected chi connectivity index (χ0v) is 14.2. The Morgan fingerprint density at radius 3 is 1.93 bits per heavy atom. The second-order valence-corrected chi connectivity index (χ2v) is 5.58. The lowest BCUT2D eigenvalue weighted by Gasteiger charge is -2.10. The number of fused-ring (bicyclic) bond motifs is 1. The van der Waals surface area contributed by atoms with Crippen molar-refractivity contribution < 1.29 is 22.6 Å². The van der Waals surface area contributed by atoms with Gasteiger partial charge in [-0.1, -0.05) is 18.2 Å². The number of halogens is 3. The molecule has 0 fully saturated rings. The summed E-state index contributed by atoms with van der Waals surface area (Å²) in [6.45, 7) is 0. The van der Waals surface area contributed by atoms with Gasteiger partial charge in [0, 0.05) is 0 Å². The van der Waals surface area contributed by atoms with Crippen LogP contribution in [0, 0.1) is 22.7 Å². The second-order valence-electron chi connectivity index (χ2n) is 5.58. The monoisotopic (exact) mass is 380 g/mol. The Labute approximate surface area is 158 Å². The van der Waals surface area contributed by atoms with E-state index in [2.05, 4.69) is 0 Å². The molecule has 0 bridgehead atoms. The van der Waals surface area contributed by atoms with Gasteiger partial charge in [-0.3, -0.25) is 0 Å². The highest BCUT2D eigenvalue weighted by molar-refractivity contribution is 5.55. The Hall–Kier alpha value is -3.97. The Balaban J connectivity index is 0.000000264. The van der Waals surface area contributed by atoms with Gasteiger partial charge in [0.1, 0.15) is 29.2 Å². The third kappa shape index (κ3) is 4.40. The lowest BCUT2D eigenvalue weighted by atomic mass is 10.1. The van der Waals surface area contributed by atoms with Gasteiger partial charge in [0.25, 0.3) is 0 Å². The SMILES string of the molecule is N#Cc1cccc(Oc2ccc(C(F)(F)F)cc2)c1C#N.c1ccc2c(c1)O2. The van der Waals surface area contributed by atoms with Crippen molar-refractivity contribution in [2.75, 3.05) is 0 Å². The summed E-state index contributed by atoms with van der Waals surface area (Å²) >= 11 is 0. The highest BCUT2D eigenvalue weighted by Gasteiger charge is 2.30. The highest BCUT2D eigenvalue weighted by Crippen LogP contribution is 2.43. The van der Waals surface area contributed by atoms with Crippen LogP contribution in [0.2, 0.25) is 0 Å². The van der Waals surface area contributed by atoms with Crippen LogP contribution in [-0.2, 0) is 6.18 Å². The number of nitriles is 2. The molecule has 0 atom stereocenters. The van der Waals surface area contributed by atoms with E-state index < -0.39 is 11.7 Å². The predicted molar refractivity (Wildman–Crippen MR) is 93.9 cm³/mol. The Morgan fingerprint density at radius 1 is 0.786 bits per heavy atom. The quantitative estimate of drug-likeness (QED) is 0.398. The van der Waals surface area contributed by atoms with Gasteiger partial charge in [-0.15, -0.1) is 0 Å². The number of hydrogen-bond acceptors (Lipinski definition) is 4. The number of ether oxygens (including phenoxy) is 2. The number of benzene rings is 3. The third-order valence-corrected chi connectivity index (χ3v) is 3.70. The molecular weight excluding hydrogens is 369 g/mol. The van der Waals surface area contributed by atoms with Crippen LogP contribution in [0.15, 0.2) is 66.7 Å². The first-order chi connectivity index (χ1) is 13.4. The predicted octanol–water partition coefficient (Wildman–Crippen LogP) is 6.03. The van der Waals surface area contributed by atoms with Crippen LogP contribution in [0.1, 0.15) is 16.7 Å². The summed E-state index contributed by atoms with van der Waals surface area (Å²) in [6, 6.07) is 20.1. The Morgan fingerprint density at radius 2 is 1.43 bits per heavy atom. The Bertz CT molecular complexity index is 1060. The molecule has 0 radical (unpaired) electrons. The van der Waals surface area contributed by atoms with Crippen LogP contribution in [0.5, 0.6) is 23.0 Å². The first-order valence-corrected chi connectivity index (χ1v) is 7.97. The first-order valence-electron chi connectivity index (χ1n) is 7.97. The molecule has 0 aromatic heterocycles. The minimum absolute atomic E-state index is 0.0416. The average molecular weight is 380 g/mol. The summed E-state index contributed by atoms with van der Waals surface area (Å²) in [5, 5.41) is 17.9. The van der Waals surface area contributed by atoms with E-state index in [1.54, 1.807) is 0 Å². The van der Waals surface area contributed by atoms with Crippen molar-refractivity contribution in [1.82, 2.24) is 0 Å². The largest absolute Gasteiger partial charge is 0.456 e. The molecule has 0 unspecified atom stereocenters. The minimum Gasteiger partial charge on any atom is -0.456 e. The topological polar surface area (TPSA) is 69.3 Å². The summed E-state index contributed by atoms with van der Waals surface area (Å²) in [5.41, 5.74) is -0.608. The van der Waals surface area contributed by atoms with E-state index in [9.17, 15) is 13.2 Å². The van der Waals surface area contributed by atoms with Crippen LogP contribution >= 0.6 is 0 Å². The van der Waals surface area contributed by atoms with E-state index >= 15 is 0 Å². The molecule has 0 aliphatic carbocycles. The lowest BCUT2D eigenvalue weighted by molar-refractivity contribution is -0.137. The normalized spacial score (nSPS) is 10.9. The van der Waals surface area contributed by atoms with E-state index in [4.69, 9.17) is 20.0 Å². The maximum Gasteiger partial charge on any atom is 0.416 e. The van der Waals surface area contributed by atoms with Gasteiger partial charge >= 0.3 is 6.18 Å². The number of nitrogens with zero attached hydrogens (tertiary/aromatic N) is 2. The van der Waals surface area contributed by atoms with Gasteiger partial charge in [-0.25, -0.2) is 0 Å². The van der Waals surface area contributed by atoms with Crippen molar-refractivity contribution in [2.24, 2.45) is 0 Å². The maximum atomic E-state index is 12.4. The highest BCUT2D eigenvalue weighted by atomic mass is 19.4. The summed E-state index contributed by atoms with van der Waals surface area (Å²) in [6.07, 6.45) is -4.42. The van der Waals surface area contributed by atoms with Crippen molar-refractivity contribution in [3.8, 4) is 35.1 Å². The van der Waals surface area contributed by atoms with Crippen molar-refractivity contribution in [3.63, 3.8) is 0 Å². The fourth-order valence-corrected chi connectivity index (χ4v) is 2.27. The summed E-state index contributed by atoms with van der Waals surface area (Å²) < 4.78 is 47.6. The Kier molecular flexibility index (Phi) is 5.19. The fraction of sp³-hybridized carbons (Fsp3) is 0.0476. The van der Waals surface area contributed by atoms with Gasteiger partial charge < -0.3 is 9.47 Å². The standard InChI is InChI=1S/C15H7F3N2O.C6H4O/c16-15(17,18)11-4-6-12(7-5-11)21-14-3-1-2-10(8-19)13(14)9-20;1-2-4-6-5(3-1)7-6/h1-7H;1-4H. The van der Waals surface area contributed by atoms with Crippen molar-refractivity contribution >= 4 is 0 Å². The average Bonchev–Trinajstić information content (AvgIpc) is 3.48. The zero-order chi connectivity index (χ0) is 20.1. The number of alkyl halides is 3. The molecule has 0 spiro atoms. The lowest BCUT2D eigenvalue weighted by Crippen LogP contribution is -2.04. The fourth-order valence-electron chi connectivity index (χ4n) is 2.27. The van der Waals surface area contributed by atoms with Gasteiger partial charge in [0.05, 0.1) is 11.1 Å². The van der Waals surface area contributed by atoms with Crippen molar-refractivity contribution in [1.29, 1.82) is 10.5 Å². The molecule has 4 rings (SSSR count). The van der Waals surface area contributed by atoms with E-state index in [-0.39, 0.29) is 22.6 Å². The first kappa shape index (κ1) is 18.8. The molecule has 1 heterocycles. The number of hydrogen-bond donors (Lipinski definition) is 0. The minimum atomic E-state index is -4.42. The molecule has 0 N–H and O–H groups in total. The third-order valence-electron chi connectivity index (χ3n) is 3.70.